The van der Waals surface area contributed by atoms with Crippen molar-refractivity contribution in [3.63, 3.8) is 0 Å². The lowest BCUT2D eigenvalue weighted by molar-refractivity contribution is -0.137. The second-order valence-corrected chi connectivity index (χ2v) is 9.16. The minimum absolute atomic E-state index is 0.00301. The van der Waals surface area contributed by atoms with Crippen molar-refractivity contribution in [2.45, 2.75) is 18.1 Å². The van der Waals surface area contributed by atoms with Gasteiger partial charge in [-0.15, -0.1) is 0 Å². The Morgan fingerprint density at radius 2 is 1.68 bits per heavy atom. The minimum Gasteiger partial charge on any atom is -0.468 e. The van der Waals surface area contributed by atoms with Crippen LogP contribution in [-0.4, -0.2) is 77.0 Å². The summed E-state index contributed by atoms with van der Waals surface area (Å²) >= 11 is 0. The maximum atomic E-state index is 12.0. The number of sulfone groups is 1. The third-order valence-corrected chi connectivity index (χ3v) is 7.35. The van der Waals surface area contributed by atoms with Crippen LogP contribution >= 0.6 is 0 Å². The van der Waals surface area contributed by atoms with Crippen LogP contribution in [0.2, 0.25) is 0 Å². The molecule has 0 bridgehead atoms. The molecule has 0 saturated carbocycles. The molecule has 0 spiro atoms. The molecule has 0 aromatic rings. The highest BCUT2D eigenvalue weighted by Gasteiger charge is 2.35. The average Bonchev–Trinajstić information content (AvgIpc) is 2.46. The molecule has 1 rings (SSSR count). The first-order chi connectivity index (χ1) is 10.1. The van der Waals surface area contributed by atoms with Crippen LogP contribution in [0.4, 0.5) is 0 Å². The number of esters is 1. The predicted octanol–water partition coefficient (Wildman–Crippen LogP) is -1.89. The van der Waals surface area contributed by atoms with Crippen LogP contribution in [0.25, 0.3) is 0 Å². The Hall–Kier alpha value is -1.20. The van der Waals surface area contributed by atoms with E-state index in [1.54, 1.807) is 0 Å². The van der Waals surface area contributed by atoms with Gasteiger partial charge in [-0.05, 0) is 12.8 Å². The van der Waals surface area contributed by atoms with Crippen molar-refractivity contribution in [1.82, 2.24) is 9.62 Å². The molecular weight excluding hydrogens is 336 g/mol. The first kappa shape index (κ1) is 18.8. The summed E-state index contributed by atoms with van der Waals surface area (Å²) in [6, 6.07) is 0. The van der Waals surface area contributed by atoms with E-state index in [1.807, 2.05) is 0 Å². The van der Waals surface area contributed by atoms with Crippen LogP contribution in [-0.2, 0) is 34.2 Å². The number of carbonyl (C=O) groups excluding carboxylic acids is 2. The molecule has 0 radical (unpaired) electrons. The molecule has 1 saturated heterocycles. The lowest BCUT2D eigenvalue weighted by Gasteiger charge is -2.30. The van der Waals surface area contributed by atoms with Gasteiger partial charge in [0.1, 0.15) is 5.75 Å². The van der Waals surface area contributed by atoms with E-state index in [1.165, 1.54) is 7.05 Å². The lowest BCUT2D eigenvalue weighted by atomic mass is 10.2. The summed E-state index contributed by atoms with van der Waals surface area (Å²) in [5.41, 5.74) is 0. The van der Waals surface area contributed by atoms with Crippen LogP contribution in [0.1, 0.15) is 12.8 Å². The highest BCUT2D eigenvalue weighted by Crippen LogP contribution is 2.21. The largest absolute Gasteiger partial charge is 0.468 e. The summed E-state index contributed by atoms with van der Waals surface area (Å²) in [6.45, 7) is -0.00602. The Kier molecular flexibility index (Phi) is 6.32. The summed E-state index contributed by atoms with van der Waals surface area (Å²) in [5, 5.41) is 1.49. The molecule has 11 heteroatoms. The van der Waals surface area contributed by atoms with Crippen LogP contribution in [0, 0.1) is 0 Å². The van der Waals surface area contributed by atoms with E-state index in [9.17, 15) is 26.4 Å². The first-order valence-electron chi connectivity index (χ1n) is 6.59. The third kappa shape index (κ3) is 4.92. The minimum atomic E-state index is -3.81. The lowest BCUT2D eigenvalue weighted by Crippen LogP contribution is -2.45. The van der Waals surface area contributed by atoms with Gasteiger partial charge in [-0.1, -0.05) is 0 Å². The number of hydrogen-bond donors (Lipinski definition) is 1. The molecule has 22 heavy (non-hydrogen) atoms. The molecule has 1 heterocycles. The third-order valence-electron chi connectivity index (χ3n) is 3.44. The van der Waals surface area contributed by atoms with E-state index < -0.39 is 48.5 Å². The number of methoxy groups -OCH3 is 1. The quantitative estimate of drug-likeness (QED) is 0.551. The fourth-order valence-electron chi connectivity index (χ4n) is 2.14. The Bertz CT molecular complexity index is 563. The van der Waals surface area contributed by atoms with Crippen LogP contribution < -0.4 is 5.32 Å². The Labute approximate surface area is 130 Å². The van der Waals surface area contributed by atoms with Crippen molar-refractivity contribution in [3.05, 3.63) is 0 Å². The van der Waals surface area contributed by atoms with E-state index >= 15 is 0 Å². The molecule has 0 aromatic carbocycles. The average molecular weight is 356 g/mol. The van der Waals surface area contributed by atoms with Crippen molar-refractivity contribution >= 4 is 31.7 Å². The number of sulfonamides is 1. The number of hydrogen-bond acceptors (Lipinski definition) is 7. The number of ether oxygens (including phenoxy) is 1. The van der Waals surface area contributed by atoms with E-state index in [2.05, 4.69) is 10.1 Å². The monoisotopic (exact) mass is 356 g/mol. The van der Waals surface area contributed by atoms with E-state index in [4.69, 9.17) is 0 Å². The van der Waals surface area contributed by atoms with Crippen molar-refractivity contribution < 1.29 is 31.2 Å². The fraction of sp³-hybridized carbons (Fsp3) is 0.818. The number of nitrogens with one attached hydrogen (secondary N) is 1. The summed E-state index contributed by atoms with van der Waals surface area (Å²) in [6.07, 6.45) is 0.194. The van der Waals surface area contributed by atoms with Crippen molar-refractivity contribution in [3.8, 4) is 0 Å². The van der Waals surface area contributed by atoms with Crippen molar-refractivity contribution in [1.29, 1.82) is 0 Å². The first-order valence-corrected chi connectivity index (χ1v) is 9.91. The molecule has 9 nitrogen and oxygen atoms in total. The molecule has 0 unspecified atom stereocenters. The second-order valence-electron chi connectivity index (χ2n) is 4.91. The fourth-order valence-corrected chi connectivity index (χ4v) is 5.18. The molecule has 1 fully saturated rings. The Morgan fingerprint density at radius 3 is 2.14 bits per heavy atom. The highest BCUT2D eigenvalue weighted by atomic mass is 32.2. The molecule has 0 aromatic heterocycles. The number of amides is 1. The van der Waals surface area contributed by atoms with Gasteiger partial charge in [-0.2, -0.15) is 0 Å². The maximum Gasteiger partial charge on any atom is 0.322 e. The molecule has 128 valence electrons. The SMILES string of the molecule is CNC(=O)CS(=O)(=O)C1CCN(S(=O)(=O)CC(=O)OC)CC1. The zero-order valence-electron chi connectivity index (χ0n) is 12.4. The van der Waals surface area contributed by atoms with E-state index in [0.29, 0.717) is 0 Å². The van der Waals surface area contributed by atoms with Crippen LogP contribution in [0.3, 0.4) is 0 Å². The van der Waals surface area contributed by atoms with Gasteiger partial charge < -0.3 is 10.1 Å². The zero-order chi connectivity index (χ0) is 17.0. The summed E-state index contributed by atoms with van der Waals surface area (Å²) in [4.78, 5) is 22.3. The van der Waals surface area contributed by atoms with Gasteiger partial charge in [0, 0.05) is 20.1 Å². The molecule has 1 aliphatic heterocycles. The molecule has 1 amide bonds. The highest BCUT2D eigenvalue weighted by molar-refractivity contribution is 7.92. The van der Waals surface area contributed by atoms with Gasteiger partial charge in [-0.25, -0.2) is 21.1 Å². The second kappa shape index (κ2) is 7.38. The van der Waals surface area contributed by atoms with E-state index in [0.717, 1.165) is 11.4 Å². The number of carbonyl (C=O) groups is 2. The van der Waals surface area contributed by atoms with Crippen molar-refractivity contribution in [2.75, 3.05) is 38.8 Å². The van der Waals surface area contributed by atoms with Gasteiger partial charge in [-0.3, -0.25) is 9.59 Å². The van der Waals surface area contributed by atoms with Gasteiger partial charge in [0.25, 0.3) is 0 Å². The summed E-state index contributed by atoms with van der Waals surface area (Å²) in [5.74, 6) is -2.84. The van der Waals surface area contributed by atoms with E-state index in [-0.39, 0.29) is 25.9 Å². The molecule has 1 N–H and O–H groups in total. The smallest absolute Gasteiger partial charge is 0.322 e. The van der Waals surface area contributed by atoms with Gasteiger partial charge in [0.15, 0.2) is 15.6 Å². The standard InChI is InChI=1S/C11H20N2O7S2/c1-12-10(14)7-21(16,17)9-3-5-13(6-4-9)22(18,19)8-11(15)20-2/h9H,3-8H2,1-2H3,(H,12,14). The number of rotatable bonds is 6. The maximum absolute atomic E-state index is 12.0. The zero-order valence-corrected chi connectivity index (χ0v) is 14.1. The van der Waals surface area contributed by atoms with Crippen LogP contribution in [0.5, 0.6) is 0 Å². The normalized spacial score (nSPS) is 17.9. The topological polar surface area (TPSA) is 127 Å². The van der Waals surface area contributed by atoms with Gasteiger partial charge >= 0.3 is 5.97 Å². The number of nitrogens with zero attached hydrogens (tertiary/aromatic N) is 1. The molecular formula is C11H20N2O7S2. The van der Waals surface area contributed by atoms with Crippen molar-refractivity contribution in [2.24, 2.45) is 0 Å². The molecule has 1 aliphatic rings. The predicted molar refractivity (Wildman–Crippen MR) is 78.3 cm³/mol. The Balaban J connectivity index is 2.67. The number of piperidine rings is 1. The van der Waals surface area contributed by atoms with Gasteiger partial charge in [0.05, 0.1) is 12.4 Å². The summed E-state index contributed by atoms with van der Waals surface area (Å²) in [7, 11) is -4.98. The molecule has 0 aliphatic carbocycles. The van der Waals surface area contributed by atoms with Gasteiger partial charge in [0.2, 0.25) is 15.9 Å². The summed E-state index contributed by atoms with van der Waals surface area (Å²) < 4.78 is 53.4. The molecule has 0 atom stereocenters. The van der Waals surface area contributed by atoms with Crippen LogP contribution in [0.15, 0.2) is 0 Å². The Morgan fingerprint density at radius 1 is 1.14 bits per heavy atom.